The van der Waals surface area contributed by atoms with Crippen molar-refractivity contribution in [2.75, 3.05) is 4.31 Å². The van der Waals surface area contributed by atoms with Crippen LogP contribution in [0.5, 0.6) is 0 Å². The first kappa shape index (κ1) is 21.7. The summed E-state index contributed by atoms with van der Waals surface area (Å²) in [5.74, 6) is 0.0756. The van der Waals surface area contributed by atoms with E-state index in [4.69, 9.17) is 0 Å². The number of anilines is 1. The lowest BCUT2D eigenvalue weighted by atomic mass is 9.80. The van der Waals surface area contributed by atoms with Crippen molar-refractivity contribution in [2.24, 2.45) is 5.92 Å². The number of hydrogen-bond donors (Lipinski definition) is 0. The highest BCUT2D eigenvalue weighted by Crippen LogP contribution is 2.46. The first-order valence-electron chi connectivity index (χ1n) is 10.3. The molecule has 1 aliphatic rings. The highest BCUT2D eigenvalue weighted by Gasteiger charge is 2.52. The molecule has 1 unspecified atom stereocenters. The molecule has 7 heteroatoms. The Hall–Kier alpha value is -2.51. The van der Waals surface area contributed by atoms with Crippen molar-refractivity contribution in [3.8, 4) is 0 Å². The lowest BCUT2D eigenvalue weighted by Crippen LogP contribution is -2.42. The SMILES string of the molecule is Cc1ccc(S(=O)(=O)N2C(=O)C(C)(Cc3cnc(CC(C)C)s3)c3ccccc32)cc1. The van der Waals surface area contributed by atoms with Gasteiger partial charge in [-0.2, -0.15) is 0 Å². The van der Waals surface area contributed by atoms with Crippen LogP contribution in [0.4, 0.5) is 5.69 Å². The minimum Gasteiger partial charge on any atom is -0.272 e. The van der Waals surface area contributed by atoms with Gasteiger partial charge in [0.1, 0.15) is 0 Å². The van der Waals surface area contributed by atoms with Crippen LogP contribution < -0.4 is 4.31 Å². The summed E-state index contributed by atoms with van der Waals surface area (Å²) in [5.41, 5.74) is 1.15. The molecule has 1 aromatic heterocycles. The molecule has 0 fully saturated rings. The molecule has 2 aromatic carbocycles. The molecule has 5 nitrogen and oxygen atoms in total. The van der Waals surface area contributed by atoms with Crippen molar-refractivity contribution in [1.82, 2.24) is 4.98 Å². The molecular weight excluding hydrogens is 428 g/mol. The van der Waals surface area contributed by atoms with Crippen molar-refractivity contribution in [3.05, 3.63) is 75.7 Å². The number of thiazole rings is 1. The van der Waals surface area contributed by atoms with Crippen LogP contribution in [-0.2, 0) is 33.1 Å². The summed E-state index contributed by atoms with van der Waals surface area (Å²) in [6.45, 7) is 8.02. The number of hydrogen-bond acceptors (Lipinski definition) is 5. The second-order valence-electron chi connectivity index (χ2n) is 8.73. The number of carbonyl (C=O) groups is 1. The van der Waals surface area contributed by atoms with E-state index in [0.29, 0.717) is 18.0 Å². The van der Waals surface area contributed by atoms with Gasteiger partial charge in [-0.15, -0.1) is 11.3 Å². The van der Waals surface area contributed by atoms with E-state index < -0.39 is 21.3 Å². The number of rotatable bonds is 6. The van der Waals surface area contributed by atoms with E-state index in [-0.39, 0.29) is 4.90 Å². The Bertz CT molecular complexity index is 1230. The molecule has 0 saturated carbocycles. The average Bonchev–Trinajstić information content (AvgIpc) is 3.22. The van der Waals surface area contributed by atoms with Crippen molar-refractivity contribution in [3.63, 3.8) is 0 Å². The molecule has 2 heterocycles. The lowest BCUT2D eigenvalue weighted by Gasteiger charge is -2.23. The Kier molecular flexibility index (Phi) is 5.52. The van der Waals surface area contributed by atoms with Gasteiger partial charge in [0.2, 0.25) is 0 Å². The molecule has 0 saturated heterocycles. The first-order valence-corrected chi connectivity index (χ1v) is 12.6. The van der Waals surface area contributed by atoms with Crippen molar-refractivity contribution in [1.29, 1.82) is 0 Å². The fourth-order valence-corrected chi connectivity index (χ4v) is 6.83. The fraction of sp³-hybridized carbons (Fsp3) is 0.333. The molecule has 31 heavy (non-hydrogen) atoms. The van der Waals surface area contributed by atoms with Crippen LogP contribution in [0, 0.1) is 12.8 Å². The number of para-hydroxylation sites is 1. The lowest BCUT2D eigenvalue weighted by molar-refractivity contribution is -0.121. The molecule has 3 aromatic rings. The van der Waals surface area contributed by atoms with Crippen LogP contribution in [0.3, 0.4) is 0 Å². The fourth-order valence-electron chi connectivity index (χ4n) is 4.01. The molecular formula is C24H26N2O3S2. The van der Waals surface area contributed by atoms with Crippen LogP contribution in [0.1, 0.15) is 41.8 Å². The summed E-state index contributed by atoms with van der Waals surface area (Å²) in [6, 6.07) is 13.8. The van der Waals surface area contributed by atoms with E-state index in [9.17, 15) is 13.2 Å². The molecule has 0 spiro atoms. The van der Waals surface area contributed by atoms with E-state index >= 15 is 0 Å². The summed E-state index contributed by atoms with van der Waals surface area (Å²) >= 11 is 1.60. The molecule has 0 N–H and O–H groups in total. The maximum Gasteiger partial charge on any atom is 0.270 e. The average molecular weight is 455 g/mol. The molecule has 1 aliphatic heterocycles. The quantitative estimate of drug-likeness (QED) is 0.532. The maximum absolute atomic E-state index is 13.7. The summed E-state index contributed by atoms with van der Waals surface area (Å²) in [7, 11) is -4.02. The first-order chi connectivity index (χ1) is 14.6. The summed E-state index contributed by atoms with van der Waals surface area (Å²) in [6.07, 6.45) is 3.12. The number of nitrogens with zero attached hydrogens (tertiary/aromatic N) is 2. The van der Waals surface area contributed by atoms with Crippen LogP contribution >= 0.6 is 11.3 Å². The van der Waals surface area contributed by atoms with E-state index in [1.54, 1.807) is 47.7 Å². The summed E-state index contributed by atoms with van der Waals surface area (Å²) < 4.78 is 27.9. The third kappa shape index (κ3) is 3.81. The van der Waals surface area contributed by atoms with Gasteiger partial charge in [-0.3, -0.25) is 4.79 Å². The number of benzene rings is 2. The van der Waals surface area contributed by atoms with Gasteiger partial charge in [-0.05, 0) is 43.5 Å². The van der Waals surface area contributed by atoms with Gasteiger partial charge in [0.25, 0.3) is 15.9 Å². The van der Waals surface area contributed by atoms with Crippen LogP contribution in [0.15, 0.2) is 59.6 Å². The molecule has 1 atom stereocenters. The minimum absolute atomic E-state index is 0.113. The number of aryl methyl sites for hydroxylation is 1. The van der Waals surface area contributed by atoms with Gasteiger partial charge in [-0.25, -0.2) is 17.7 Å². The summed E-state index contributed by atoms with van der Waals surface area (Å²) in [4.78, 5) is 19.3. The largest absolute Gasteiger partial charge is 0.272 e. The van der Waals surface area contributed by atoms with Crippen LogP contribution in [0.25, 0.3) is 0 Å². The maximum atomic E-state index is 13.7. The predicted molar refractivity (Wildman–Crippen MR) is 124 cm³/mol. The molecule has 0 bridgehead atoms. The van der Waals surface area contributed by atoms with Crippen LogP contribution in [-0.4, -0.2) is 19.3 Å². The highest BCUT2D eigenvalue weighted by atomic mass is 32.2. The number of fused-ring (bicyclic) bond motifs is 1. The van der Waals surface area contributed by atoms with Gasteiger partial charge >= 0.3 is 0 Å². The van der Waals surface area contributed by atoms with E-state index in [2.05, 4.69) is 18.8 Å². The monoisotopic (exact) mass is 454 g/mol. The number of aromatic nitrogens is 1. The van der Waals surface area contributed by atoms with Gasteiger partial charge in [0, 0.05) is 23.9 Å². The topological polar surface area (TPSA) is 67.3 Å². The highest BCUT2D eigenvalue weighted by molar-refractivity contribution is 7.93. The second kappa shape index (κ2) is 7.88. The number of amides is 1. The Morgan fingerprint density at radius 1 is 1.10 bits per heavy atom. The summed E-state index contributed by atoms with van der Waals surface area (Å²) in [5, 5.41) is 1.04. The number of carbonyl (C=O) groups excluding carboxylic acids is 1. The Morgan fingerprint density at radius 3 is 2.45 bits per heavy atom. The van der Waals surface area contributed by atoms with Crippen molar-refractivity contribution >= 4 is 33.0 Å². The van der Waals surface area contributed by atoms with Gasteiger partial charge in [-0.1, -0.05) is 49.7 Å². The molecule has 1 amide bonds. The second-order valence-corrected chi connectivity index (χ2v) is 11.7. The smallest absolute Gasteiger partial charge is 0.270 e. The van der Waals surface area contributed by atoms with Crippen LogP contribution in [0.2, 0.25) is 0 Å². The third-order valence-corrected chi connectivity index (χ3v) is 8.38. The van der Waals surface area contributed by atoms with E-state index in [1.165, 1.54) is 0 Å². The molecule has 0 aliphatic carbocycles. The third-order valence-electron chi connectivity index (χ3n) is 5.65. The van der Waals surface area contributed by atoms with Crippen molar-refractivity contribution in [2.45, 2.75) is 50.8 Å². The van der Waals surface area contributed by atoms with Gasteiger partial charge < -0.3 is 0 Å². The Morgan fingerprint density at radius 2 is 1.77 bits per heavy atom. The van der Waals surface area contributed by atoms with Gasteiger partial charge in [0.05, 0.1) is 21.0 Å². The standard InChI is InChI=1S/C24H26N2O3S2/c1-16(2)13-22-25-15-18(30-22)14-24(4)20-7-5-6-8-21(20)26(23(24)27)31(28,29)19-11-9-17(3)10-12-19/h5-12,15-16H,13-14H2,1-4H3. The zero-order valence-corrected chi connectivity index (χ0v) is 19.8. The normalized spacial score (nSPS) is 18.6. The van der Waals surface area contributed by atoms with E-state index in [1.807, 2.05) is 32.2 Å². The zero-order chi connectivity index (χ0) is 22.4. The Balaban J connectivity index is 1.75. The predicted octanol–water partition coefficient (Wildman–Crippen LogP) is 4.89. The zero-order valence-electron chi connectivity index (χ0n) is 18.1. The van der Waals surface area contributed by atoms with E-state index in [0.717, 1.165) is 31.7 Å². The number of sulfonamides is 1. The molecule has 4 rings (SSSR count). The van der Waals surface area contributed by atoms with Crippen molar-refractivity contribution < 1.29 is 13.2 Å². The van der Waals surface area contributed by atoms with Gasteiger partial charge in [0.15, 0.2) is 0 Å². The molecule has 162 valence electrons. The molecule has 0 radical (unpaired) electrons. The minimum atomic E-state index is -4.02. The Labute approximate surface area is 187 Å².